The van der Waals surface area contributed by atoms with E-state index in [1.807, 2.05) is 32.0 Å². The van der Waals surface area contributed by atoms with E-state index in [1.54, 1.807) is 16.8 Å². The van der Waals surface area contributed by atoms with Gasteiger partial charge in [-0.05, 0) is 51.1 Å². The zero-order chi connectivity index (χ0) is 19.9. The zero-order valence-corrected chi connectivity index (χ0v) is 16.4. The standard InChI is InChI=1S/C20H27N5O3/c1-15-13-16(2)25(23-15)18-6-3-5-17(14-18)22-20(27)19(26)21-7-4-8-24-9-11-28-12-10-24/h3,5-6,13-14H,4,7-12H2,1-2H3,(H,21,26)(H,22,27). The highest BCUT2D eigenvalue weighted by atomic mass is 16.5. The molecule has 8 nitrogen and oxygen atoms in total. The van der Waals surface area contributed by atoms with Crippen LogP contribution in [0.3, 0.4) is 0 Å². The lowest BCUT2D eigenvalue weighted by atomic mass is 10.2. The molecule has 1 aromatic heterocycles. The lowest BCUT2D eigenvalue weighted by molar-refractivity contribution is -0.136. The number of benzene rings is 1. The number of hydrogen-bond donors (Lipinski definition) is 2. The molecule has 0 atom stereocenters. The fourth-order valence-corrected chi connectivity index (χ4v) is 3.20. The molecule has 1 fully saturated rings. The summed E-state index contributed by atoms with van der Waals surface area (Å²) in [6.07, 6.45) is 0.798. The van der Waals surface area contributed by atoms with Crippen molar-refractivity contribution in [2.24, 2.45) is 0 Å². The lowest BCUT2D eigenvalue weighted by Crippen LogP contribution is -2.39. The number of carbonyl (C=O) groups is 2. The summed E-state index contributed by atoms with van der Waals surface area (Å²) in [6, 6.07) is 9.25. The second-order valence-corrected chi connectivity index (χ2v) is 6.91. The van der Waals surface area contributed by atoms with Gasteiger partial charge in [0, 0.05) is 31.0 Å². The molecule has 2 N–H and O–H groups in total. The fraction of sp³-hybridized carbons (Fsp3) is 0.450. The van der Waals surface area contributed by atoms with Crippen molar-refractivity contribution in [1.29, 1.82) is 0 Å². The molecule has 0 radical (unpaired) electrons. The number of aryl methyl sites for hydroxylation is 2. The average molecular weight is 385 g/mol. The molecule has 2 aromatic rings. The average Bonchev–Trinajstić information content (AvgIpc) is 3.04. The SMILES string of the molecule is Cc1cc(C)n(-c2cccc(NC(=O)C(=O)NCCCN3CCOCC3)c2)n1. The van der Waals surface area contributed by atoms with Gasteiger partial charge in [-0.15, -0.1) is 0 Å². The Balaban J connectivity index is 1.48. The summed E-state index contributed by atoms with van der Waals surface area (Å²) in [6.45, 7) is 8.59. The molecule has 0 bridgehead atoms. The van der Waals surface area contributed by atoms with Crippen molar-refractivity contribution in [3.63, 3.8) is 0 Å². The Labute approximate surface area is 164 Å². The van der Waals surface area contributed by atoms with Gasteiger partial charge in [0.1, 0.15) is 0 Å². The molecule has 0 unspecified atom stereocenters. The first-order valence-electron chi connectivity index (χ1n) is 9.56. The van der Waals surface area contributed by atoms with Gasteiger partial charge in [0.15, 0.2) is 0 Å². The predicted molar refractivity (Wildman–Crippen MR) is 107 cm³/mol. The minimum Gasteiger partial charge on any atom is -0.379 e. The molecule has 3 rings (SSSR count). The Morgan fingerprint density at radius 2 is 1.93 bits per heavy atom. The lowest BCUT2D eigenvalue weighted by Gasteiger charge is -2.26. The van der Waals surface area contributed by atoms with Gasteiger partial charge in [0.25, 0.3) is 0 Å². The number of morpholine rings is 1. The number of amides is 2. The van der Waals surface area contributed by atoms with Gasteiger partial charge in [0.2, 0.25) is 0 Å². The third kappa shape index (κ3) is 5.40. The molecule has 1 aliphatic heterocycles. The summed E-state index contributed by atoms with van der Waals surface area (Å²) in [5.41, 5.74) is 3.30. The monoisotopic (exact) mass is 385 g/mol. The Kier molecular flexibility index (Phi) is 6.78. The predicted octanol–water partition coefficient (Wildman–Crippen LogP) is 1.27. The Morgan fingerprint density at radius 1 is 1.14 bits per heavy atom. The molecule has 1 aromatic carbocycles. The van der Waals surface area contributed by atoms with Crippen molar-refractivity contribution in [3.05, 3.63) is 41.7 Å². The molecule has 1 aliphatic rings. The number of ether oxygens (including phenoxy) is 1. The van der Waals surface area contributed by atoms with Crippen molar-refractivity contribution < 1.29 is 14.3 Å². The van der Waals surface area contributed by atoms with Gasteiger partial charge in [-0.25, -0.2) is 4.68 Å². The second kappa shape index (κ2) is 9.48. The van der Waals surface area contributed by atoms with Crippen LogP contribution in [0, 0.1) is 13.8 Å². The van der Waals surface area contributed by atoms with Crippen LogP contribution in [0.25, 0.3) is 5.69 Å². The van der Waals surface area contributed by atoms with Gasteiger partial charge < -0.3 is 15.4 Å². The summed E-state index contributed by atoms with van der Waals surface area (Å²) in [7, 11) is 0. The highest BCUT2D eigenvalue weighted by molar-refractivity contribution is 6.39. The van der Waals surface area contributed by atoms with E-state index in [9.17, 15) is 9.59 Å². The quantitative estimate of drug-likeness (QED) is 0.577. The molecule has 0 saturated carbocycles. The molecule has 1 saturated heterocycles. The fourth-order valence-electron chi connectivity index (χ4n) is 3.20. The molecular formula is C20H27N5O3. The van der Waals surface area contributed by atoms with Crippen molar-refractivity contribution in [2.75, 3.05) is 44.7 Å². The molecule has 0 aliphatic carbocycles. The van der Waals surface area contributed by atoms with Crippen LogP contribution in [0.5, 0.6) is 0 Å². The minimum atomic E-state index is -0.670. The molecule has 28 heavy (non-hydrogen) atoms. The van der Waals surface area contributed by atoms with Gasteiger partial charge in [-0.3, -0.25) is 14.5 Å². The van der Waals surface area contributed by atoms with Crippen molar-refractivity contribution in [2.45, 2.75) is 20.3 Å². The van der Waals surface area contributed by atoms with Crippen LogP contribution in [0.2, 0.25) is 0 Å². The van der Waals surface area contributed by atoms with Gasteiger partial charge >= 0.3 is 11.8 Å². The summed E-state index contributed by atoms with van der Waals surface area (Å²) in [4.78, 5) is 26.5. The van der Waals surface area contributed by atoms with Crippen LogP contribution >= 0.6 is 0 Å². The number of carbonyl (C=O) groups excluding carboxylic acids is 2. The number of hydrogen-bond acceptors (Lipinski definition) is 5. The van der Waals surface area contributed by atoms with Gasteiger partial charge in [0.05, 0.1) is 24.6 Å². The third-order valence-electron chi connectivity index (χ3n) is 4.60. The molecular weight excluding hydrogens is 358 g/mol. The van der Waals surface area contributed by atoms with Crippen LogP contribution in [-0.4, -0.2) is 65.9 Å². The van der Waals surface area contributed by atoms with Crippen LogP contribution in [0.1, 0.15) is 17.8 Å². The van der Waals surface area contributed by atoms with Gasteiger partial charge in [-0.1, -0.05) is 6.07 Å². The number of nitrogens with one attached hydrogen (secondary N) is 2. The van der Waals surface area contributed by atoms with Gasteiger partial charge in [-0.2, -0.15) is 5.10 Å². The first-order chi connectivity index (χ1) is 13.5. The zero-order valence-electron chi connectivity index (χ0n) is 16.4. The number of anilines is 1. The van der Waals surface area contributed by atoms with Crippen molar-refractivity contribution in [3.8, 4) is 5.69 Å². The normalized spacial score (nSPS) is 14.6. The Bertz CT molecular complexity index is 827. The summed E-state index contributed by atoms with van der Waals surface area (Å²) in [5, 5.41) is 9.76. The minimum absolute atomic E-state index is 0.468. The Morgan fingerprint density at radius 3 is 2.64 bits per heavy atom. The first kappa shape index (κ1) is 20.0. The van der Waals surface area contributed by atoms with E-state index in [4.69, 9.17) is 4.74 Å². The van der Waals surface area contributed by atoms with E-state index >= 15 is 0 Å². The highest BCUT2D eigenvalue weighted by Gasteiger charge is 2.15. The molecule has 8 heteroatoms. The van der Waals surface area contributed by atoms with Crippen LogP contribution < -0.4 is 10.6 Å². The summed E-state index contributed by atoms with van der Waals surface area (Å²) >= 11 is 0. The Hall–Kier alpha value is -2.71. The number of rotatable bonds is 6. The van der Waals surface area contributed by atoms with E-state index < -0.39 is 11.8 Å². The third-order valence-corrected chi connectivity index (χ3v) is 4.60. The maximum atomic E-state index is 12.2. The van der Waals surface area contributed by atoms with E-state index in [0.29, 0.717) is 12.2 Å². The topological polar surface area (TPSA) is 88.5 Å². The largest absolute Gasteiger partial charge is 0.379 e. The molecule has 150 valence electrons. The number of nitrogens with zero attached hydrogens (tertiary/aromatic N) is 3. The maximum absolute atomic E-state index is 12.2. The van der Waals surface area contributed by atoms with E-state index in [2.05, 4.69) is 20.6 Å². The molecule has 2 amide bonds. The van der Waals surface area contributed by atoms with Crippen LogP contribution in [0.4, 0.5) is 5.69 Å². The van der Waals surface area contributed by atoms with Crippen molar-refractivity contribution in [1.82, 2.24) is 20.0 Å². The molecule has 0 spiro atoms. The van der Waals surface area contributed by atoms with Crippen molar-refractivity contribution >= 4 is 17.5 Å². The van der Waals surface area contributed by atoms with Crippen LogP contribution in [-0.2, 0) is 14.3 Å². The van der Waals surface area contributed by atoms with E-state index in [1.165, 1.54) is 0 Å². The first-order valence-corrected chi connectivity index (χ1v) is 9.56. The summed E-state index contributed by atoms with van der Waals surface area (Å²) in [5.74, 6) is -1.30. The van der Waals surface area contributed by atoms with Crippen LogP contribution in [0.15, 0.2) is 30.3 Å². The number of aromatic nitrogens is 2. The highest BCUT2D eigenvalue weighted by Crippen LogP contribution is 2.16. The smallest absolute Gasteiger partial charge is 0.313 e. The molecule has 2 heterocycles. The second-order valence-electron chi connectivity index (χ2n) is 6.91. The maximum Gasteiger partial charge on any atom is 0.313 e. The van der Waals surface area contributed by atoms with E-state index in [-0.39, 0.29) is 0 Å². The van der Waals surface area contributed by atoms with E-state index in [0.717, 1.165) is 56.3 Å². The summed E-state index contributed by atoms with van der Waals surface area (Å²) < 4.78 is 7.11.